The van der Waals surface area contributed by atoms with Crippen LogP contribution in [0.1, 0.15) is 0 Å². The second-order valence-corrected chi connectivity index (χ2v) is 6.01. The zero-order valence-corrected chi connectivity index (χ0v) is 14.7. The van der Waals surface area contributed by atoms with Crippen LogP contribution in [-0.4, -0.2) is 62.1 Å². The number of ether oxygens (including phenoxy) is 1. The van der Waals surface area contributed by atoms with Crippen LogP contribution in [0.4, 0.5) is 11.6 Å². The number of imidazole rings is 1. The second-order valence-electron chi connectivity index (χ2n) is 6.01. The monoisotopic (exact) mass is 368 g/mol. The van der Waals surface area contributed by atoms with Gasteiger partial charge in [0.25, 0.3) is 5.56 Å². The lowest BCUT2D eigenvalue weighted by atomic mass is 10.4. The molecule has 1 N–H and O–H groups in total. The van der Waals surface area contributed by atoms with Gasteiger partial charge in [-0.05, 0) is 6.07 Å². The van der Waals surface area contributed by atoms with Crippen LogP contribution in [0.3, 0.4) is 0 Å². The minimum atomic E-state index is -0.155. The lowest BCUT2D eigenvalue weighted by Crippen LogP contribution is -2.36. The number of hydrogen-bond acceptors (Lipinski definition) is 8. The zero-order chi connectivity index (χ0) is 18.5. The molecule has 0 amide bonds. The van der Waals surface area contributed by atoms with Crippen LogP contribution in [0.2, 0.25) is 0 Å². The van der Waals surface area contributed by atoms with E-state index < -0.39 is 0 Å². The molecule has 1 aliphatic rings. The van der Waals surface area contributed by atoms with Crippen molar-refractivity contribution in [1.82, 2.24) is 29.3 Å². The predicted molar refractivity (Wildman–Crippen MR) is 99.2 cm³/mol. The average molecular weight is 368 g/mol. The summed E-state index contributed by atoms with van der Waals surface area (Å²) in [7, 11) is 0. The Morgan fingerprint density at radius 3 is 2.85 bits per heavy atom. The van der Waals surface area contributed by atoms with E-state index in [4.69, 9.17) is 4.74 Å². The first-order chi connectivity index (χ1) is 13.3. The Balaban J connectivity index is 1.40. The summed E-state index contributed by atoms with van der Waals surface area (Å²) in [5.74, 6) is 2.22. The summed E-state index contributed by atoms with van der Waals surface area (Å²) in [6.45, 7) is 3.97. The van der Waals surface area contributed by atoms with E-state index in [1.165, 1.54) is 17.1 Å². The molecule has 27 heavy (non-hydrogen) atoms. The molecular weight excluding hydrogens is 348 g/mol. The molecule has 4 rings (SSSR count). The highest BCUT2D eigenvalue weighted by atomic mass is 16.5. The van der Waals surface area contributed by atoms with Gasteiger partial charge >= 0.3 is 0 Å². The van der Waals surface area contributed by atoms with Crippen LogP contribution < -0.4 is 15.8 Å². The molecule has 0 atom stereocenters. The summed E-state index contributed by atoms with van der Waals surface area (Å²) in [4.78, 5) is 26.8. The van der Waals surface area contributed by atoms with Gasteiger partial charge in [0, 0.05) is 44.2 Å². The van der Waals surface area contributed by atoms with Crippen molar-refractivity contribution in [2.45, 2.75) is 6.54 Å². The SMILES string of the molecule is O=c1ccc(-n2ccnc2)nn1CCNc1cc(N2CCOCC2)ncn1. The summed E-state index contributed by atoms with van der Waals surface area (Å²) >= 11 is 0. The normalized spacial score (nSPS) is 14.3. The molecule has 140 valence electrons. The van der Waals surface area contributed by atoms with Crippen molar-refractivity contribution in [2.75, 3.05) is 43.1 Å². The molecule has 3 aromatic heterocycles. The highest BCUT2D eigenvalue weighted by Crippen LogP contribution is 2.15. The Morgan fingerprint density at radius 2 is 2.04 bits per heavy atom. The maximum Gasteiger partial charge on any atom is 0.266 e. The van der Waals surface area contributed by atoms with Crippen molar-refractivity contribution >= 4 is 11.6 Å². The quantitative estimate of drug-likeness (QED) is 0.657. The molecule has 10 nitrogen and oxygen atoms in total. The minimum absolute atomic E-state index is 0.155. The number of hydrogen-bond donors (Lipinski definition) is 1. The van der Waals surface area contributed by atoms with E-state index in [-0.39, 0.29) is 5.56 Å². The van der Waals surface area contributed by atoms with Gasteiger partial charge in [-0.1, -0.05) is 0 Å². The molecule has 1 aliphatic heterocycles. The van der Waals surface area contributed by atoms with Crippen LogP contribution in [0.25, 0.3) is 5.82 Å². The van der Waals surface area contributed by atoms with Crippen molar-refractivity contribution < 1.29 is 4.74 Å². The van der Waals surface area contributed by atoms with E-state index >= 15 is 0 Å². The third-order valence-corrected chi connectivity index (χ3v) is 4.24. The Labute approximate surface area is 155 Å². The van der Waals surface area contributed by atoms with Crippen LogP contribution in [0, 0.1) is 0 Å². The number of nitrogens with one attached hydrogen (secondary N) is 1. The van der Waals surface area contributed by atoms with Gasteiger partial charge in [-0.2, -0.15) is 5.10 Å². The fourth-order valence-corrected chi connectivity index (χ4v) is 2.83. The van der Waals surface area contributed by atoms with Crippen molar-refractivity contribution in [3.05, 3.63) is 53.6 Å². The van der Waals surface area contributed by atoms with Crippen molar-refractivity contribution in [3.63, 3.8) is 0 Å². The summed E-state index contributed by atoms with van der Waals surface area (Å²) in [6.07, 6.45) is 6.63. The molecule has 4 heterocycles. The van der Waals surface area contributed by atoms with Gasteiger partial charge in [0.05, 0.1) is 19.8 Å². The molecule has 0 aliphatic carbocycles. The molecule has 0 spiro atoms. The van der Waals surface area contributed by atoms with Crippen molar-refractivity contribution in [3.8, 4) is 5.82 Å². The molecule has 0 radical (unpaired) electrons. The molecular formula is C17H20N8O2. The Bertz CT molecular complexity index is 934. The minimum Gasteiger partial charge on any atom is -0.378 e. The molecule has 0 saturated carbocycles. The maximum atomic E-state index is 12.0. The van der Waals surface area contributed by atoms with Crippen molar-refractivity contribution in [2.24, 2.45) is 0 Å². The second kappa shape index (κ2) is 7.96. The molecule has 0 unspecified atom stereocenters. The van der Waals surface area contributed by atoms with Gasteiger partial charge in [-0.3, -0.25) is 9.36 Å². The van der Waals surface area contributed by atoms with Crippen molar-refractivity contribution in [1.29, 1.82) is 0 Å². The Hall–Kier alpha value is -3.27. The van der Waals surface area contributed by atoms with Crippen LogP contribution in [0.15, 0.2) is 48.0 Å². The molecule has 0 aromatic carbocycles. The van der Waals surface area contributed by atoms with E-state index in [1.807, 2.05) is 6.07 Å². The molecule has 3 aromatic rings. The summed E-state index contributed by atoms with van der Waals surface area (Å²) in [5.41, 5.74) is -0.155. The number of anilines is 2. The van der Waals surface area contributed by atoms with Crippen LogP contribution in [-0.2, 0) is 11.3 Å². The van der Waals surface area contributed by atoms with Gasteiger partial charge < -0.3 is 15.0 Å². The summed E-state index contributed by atoms with van der Waals surface area (Å²) in [5, 5.41) is 7.60. The molecule has 10 heteroatoms. The molecule has 1 saturated heterocycles. The van der Waals surface area contributed by atoms with Gasteiger partial charge in [0.1, 0.15) is 24.3 Å². The maximum absolute atomic E-state index is 12.0. The van der Waals surface area contributed by atoms with E-state index in [0.29, 0.717) is 37.9 Å². The number of rotatable bonds is 6. The predicted octanol–water partition coefficient (Wildman–Crippen LogP) is 0.168. The van der Waals surface area contributed by atoms with E-state index in [0.717, 1.165) is 18.9 Å². The van der Waals surface area contributed by atoms with E-state index in [9.17, 15) is 4.79 Å². The fraction of sp³-hybridized carbons (Fsp3) is 0.353. The van der Waals surface area contributed by atoms with Crippen LogP contribution in [0.5, 0.6) is 0 Å². The highest BCUT2D eigenvalue weighted by Gasteiger charge is 2.13. The van der Waals surface area contributed by atoms with Gasteiger partial charge in [-0.25, -0.2) is 19.6 Å². The molecule has 1 fully saturated rings. The average Bonchev–Trinajstić information content (AvgIpc) is 3.25. The first kappa shape index (κ1) is 17.2. The third kappa shape index (κ3) is 4.11. The number of morpholine rings is 1. The summed E-state index contributed by atoms with van der Waals surface area (Å²) < 4.78 is 8.54. The largest absolute Gasteiger partial charge is 0.378 e. The van der Waals surface area contributed by atoms with Gasteiger partial charge in [0.15, 0.2) is 5.82 Å². The zero-order valence-electron chi connectivity index (χ0n) is 14.7. The Morgan fingerprint density at radius 1 is 1.15 bits per heavy atom. The first-order valence-corrected chi connectivity index (χ1v) is 8.75. The first-order valence-electron chi connectivity index (χ1n) is 8.75. The lowest BCUT2D eigenvalue weighted by Gasteiger charge is -2.27. The number of nitrogens with zero attached hydrogens (tertiary/aromatic N) is 7. The highest BCUT2D eigenvalue weighted by molar-refractivity contribution is 5.48. The van der Waals surface area contributed by atoms with Crippen LogP contribution >= 0.6 is 0 Å². The lowest BCUT2D eigenvalue weighted by molar-refractivity contribution is 0.122. The number of aromatic nitrogens is 6. The smallest absolute Gasteiger partial charge is 0.266 e. The van der Waals surface area contributed by atoms with Gasteiger partial charge in [-0.15, -0.1) is 0 Å². The van der Waals surface area contributed by atoms with E-state index in [2.05, 4.69) is 30.3 Å². The standard InChI is InChI=1S/C17H20N8O2/c26-17-2-1-15(24-5-3-18-13-24)22-25(17)6-4-19-14-11-16(21-12-20-14)23-7-9-27-10-8-23/h1-3,5,11-13H,4,6-10H2,(H,19,20,21). The third-order valence-electron chi connectivity index (χ3n) is 4.24. The Kier molecular flexibility index (Phi) is 5.06. The van der Waals surface area contributed by atoms with E-state index in [1.54, 1.807) is 29.4 Å². The molecule has 0 bridgehead atoms. The summed E-state index contributed by atoms with van der Waals surface area (Å²) in [6, 6.07) is 5.08. The van der Waals surface area contributed by atoms with Gasteiger partial charge in [0.2, 0.25) is 0 Å². The topological polar surface area (TPSA) is 103 Å². The fourth-order valence-electron chi connectivity index (χ4n) is 2.83.